The van der Waals surface area contributed by atoms with Crippen molar-refractivity contribution in [3.8, 4) is 0 Å². The molecular weight excluding hydrogens is 279 g/mol. The molecule has 0 atom stereocenters. The largest absolute Gasteiger partial charge is 0.451 e. The van der Waals surface area contributed by atoms with Crippen molar-refractivity contribution in [3.63, 3.8) is 0 Å². The molecule has 0 saturated carbocycles. The van der Waals surface area contributed by atoms with Gasteiger partial charge >= 0.3 is 6.18 Å². The number of hydrazone groups is 1. The number of hydrogen-bond acceptors (Lipinski definition) is 2. The molecule has 2 rings (SSSR count). The fourth-order valence-corrected chi connectivity index (χ4v) is 1.74. The van der Waals surface area contributed by atoms with Gasteiger partial charge in [0.1, 0.15) is 0 Å². The predicted octanol–water partition coefficient (Wildman–Crippen LogP) is 4.42. The van der Waals surface area contributed by atoms with Gasteiger partial charge in [-0.1, -0.05) is 36.4 Å². The van der Waals surface area contributed by atoms with Crippen LogP contribution in [0.2, 0.25) is 0 Å². The molecular formula is C15H14F3N3. The summed E-state index contributed by atoms with van der Waals surface area (Å²) in [5, 5.41) is 5.07. The first-order valence-corrected chi connectivity index (χ1v) is 6.28. The molecule has 2 aromatic carbocycles. The van der Waals surface area contributed by atoms with Gasteiger partial charge in [-0.2, -0.15) is 18.3 Å². The Morgan fingerprint density at radius 2 is 1.67 bits per heavy atom. The Kier molecular flexibility index (Phi) is 4.26. The van der Waals surface area contributed by atoms with E-state index in [0.29, 0.717) is 11.1 Å². The first kappa shape index (κ1) is 15.0. The standard InChI is InChI=1S/C15H14F3N3/c1-10(2)20-21-14(15(16,17)18)19-13-9-5-7-11-6-3-4-8-12(11)13/h3-9H,1-2H3,(H,19,21). The van der Waals surface area contributed by atoms with Crippen LogP contribution in [-0.2, 0) is 0 Å². The number of aliphatic imine (C=N–C) groups is 1. The number of hydrogen-bond donors (Lipinski definition) is 1. The van der Waals surface area contributed by atoms with Gasteiger partial charge in [0.25, 0.3) is 0 Å². The van der Waals surface area contributed by atoms with Crippen LogP contribution in [0.3, 0.4) is 0 Å². The molecule has 0 amide bonds. The van der Waals surface area contributed by atoms with Crippen LogP contribution in [0.15, 0.2) is 52.6 Å². The molecule has 0 aliphatic rings. The Morgan fingerprint density at radius 3 is 2.33 bits per heavy atom. The van der Waals surface area contributed by atoms with Gasteiger partial charge in [-0.05, 0) is 25.3 Å². The van der Waals surface area contributed by atoms with E-state index < -0.39 is 12.0 Å². The SMILES string of the molecule is CC(C)=NNC(=Nc1cccc2ccccc12)C(F)(F)F. The minimum Gasteiger partial charge on any atom is -0.257 e. The summed E-state index contributed by atoms with van der Waals surface area (Å²) in [6, 6.07) is 12.2. The lowest BCUT2D eigenvalue weighted by Crippen LogP contribution is -2.34. The van der Waals surface area contributed by atoms with Gasteiger partial charge in [-0.3, -0.25) is 5.43 Å². The summed E-state index contributed by atoms with van der Waals surface area (Å²) in [5.74, 6) is -1.14. The van der Waals surface area contributed by atoms with E-state index in [-0.39, 0.29) is 5.69 Å². The number of halogens is 3. The van der Waals surface area contributed by atoms with Gasteiger partial charge in [0.15, 0.2) is 0 Å². The van der Waals surface area contributed by atoms with E-state index >= 15 is 0 Å². The molecule has 1 N–H and O–H groups in total. The van der Waals surface area contributed by atoms with Gasteiger partial charge < -0.3 is 0 Å². The second kappa shape index (κ2) is 5.95. The van der Waals surface area contributed by atoms with Crippen molar-refractivity contribution in [1.29, 1.82) is 0 Å². The van der Waals surface area contributed by atoms with Crippen LogP contribution in [0.4, 0.5) is 18.9 Å². The number of fused-ring (bicyclic) bond motifs is 1. The molecule has 0 radical (unpaired) electrons. The Morgan fingerprint density at radius 1 is 1.00 bits per heavy atom. The van der Waals surface area contributed by atoms with Crippen molar-refractivity contribution in [2.45, 2.75) is 20.0 Å². The zero-order valence-electron chi connectivity index (χ0n) is 11.6. The fourth-order valence-electron chi connectivity index (χ4n) is 1.74. The van der Waals surface area contributed by atoms with Gasteiger partial charge in [-0.25, -0.2) is 4.99 Å². The molecule has 21 heavy (non-hydrogen) atoms. The quantitative estimate of drug-likeness (QED) is 0.497. The van der Waals surface area contributed by atoms with Gasteiger partial charge in [0.2, 0.25) is 5.84 Å². The number of nitrogens with zero attached hydrogens (tertiary/aromatic N) is 2. The van der Waals surface area contributed by atoms with E-state index in [2.05, 4.69) is 10.1 Å². The molecule has 6 heteroatoms. The maximum absolute atomic E-state index is 13.0. The van der Waals surface area contributed by atoms with Gasteiger partial charge in [0.05, 0.1) is 5.69 Å². The highest BCUT2D eigenvalue weighted by Gasteiger charge is 2.36. The topological polar surface area (TPSA) is 36.8 Å². The molecule has 2 aromatic rings. The smallest absolute Gasteiger partial charge is 0.257 e. The third kappa shape index (κ3) is 3.81. The molecule has 110 valence electrons. The maximum Gasteiger partial charge on any atom is 0.451 e. The average Bonchev–Trinajstić information content (AvgIpc) is 2.42. The van der Waals surface area contributed by atoms with Crippen LogP contribution in [-0.4, -0.2) is 17.7 Å². The molecule has 0 fully saturated rings. The number of rotatable bonds is 2. The van der Waals surface area contributed by atoms with E-state index in [0.717, 1.165) is 5.39 Å². The zero-order chi connectivity index (χ0) is 15.5. The van der Waals surface area contributed by atoms with Crippen molar-refractivity contribution >= 4 is 28.0 Å². The lowest BCUT2D eigenvalue weighted by Gasteiger charge is -2.11. The summed E-state index contributed by atoms with van der Waals surface area (Å²) < 4.78 is 39.0. The van der Waals surface area contributed by atoms with Gasteiger partial charge in [0, 0.05) is 11.1 Å². The van der Waals surface area contributed by atoms with Crippen LogP contribution >= 0.6 is 0 Å². The highest BCUT2D eigenvalue weighted by Crippen LogP contribution is 2.27. The lowest BCUT2D eigenvalue weighted by atomic mass is 10.1. The van der Waals surface area contributed by atoms with E-state index in [4.69, 9.17) is 0 Å². The van der Waals surface area contributed by atoms with Crippen LogP contribution in [0.5, 0.6) is 0 Å². The monoisotopic (exact) mass is 293 g/mol. The summed E-state index contributed by atoms with van der Waals surface area (Å²) in [7, 11) is 0. The molecule has 0 bridgehead atoms. The molecule has 3 nitrogen and oxygen atoms in total. The Hall–Kier alpha value is -2.37. The average molecular weight is 293 g/mol. The lowest BCUT2D eigenvalue weighted by molar-refractivity contribution is -0.0617. The number of alkyl halides is 3. The fraction of sp³-hybridized carbons (Fsp3) is 0.200. The van der Waals surface area contributed by atoms with Gasteiger partial charge in [-0.15, -0.1) is 0 Å². The number of nitrogens with one attached hydrogen (secondary N) is 1. The van der Waals surface area contributed by atoms with Crippen LogP contribution in [0.25, 0.3) is 10.8 Å². The normalized spacial score (nSPS) is 12.3. The Labute approximate surface area is 120 Å². The molecule has 0 saturated heterocycles. The van der Waals surface area contributed by atoms with Crippen LogP contribution in [0.1, 0.15) is 13.8 Å². The van der Waals surface area contributed by atoms with Crippen LogP contribution in [0, 0.1) is 0 Å². The summed E-state index contributed by atoms with van der Waals surface area (Å²) in [6.45, 7) is 3.19. The summed E-state index contributed by atoms with van der Waals surface area (Å²) in [6.07, 6.45) is -4.60. The highest BCUT2D eigenvalue weighted by atomic mass is 19.4. The second-order valence-corrected chi connectivity index (χ2v) is 4.63. The second-order valence-electron chi connectivity index (χ2n) is 4.63. The molecule has 0 heterocycles. The van der Waals surface area contributed by atoms with E-state index in [1.165, 1.54) is 6.07 Å². The molecule has 0 aliphatic heterocycles. The minimum atomic E-state index is -4.60. The minimum absolute atomic E-state index is 0.247. The highest BCUT2D eigenvalue weighted by molar-refractivity contribution is 5.98. The third-order valence-electron chi connectivity index (χ3n) is 2.65. The van der Waals surface area contributed by atoms with Crippen molar-refractivity contribution in [1.82, 2.24) is 5.43 Å². The summed E-state index contributed by atoms with van der Waals surface area (Å²) in [5.41, 5.74) is 2.71. The maximum atomic E-state index is 13.0. The molecule has 0 aromatic heterocycles. The van der Waals surface area contributed by atoms with Crippen molar-refractivity contribution < 1.29 is 13.2 Å². The summed E-state index contributed by atoms with van der Waals surface area (Å²) in [4.78, 5) is 3.70. The molecule has 0 aliphatic carbocycles. The molecule has 0 spiro atoms. The first-order chi connectivity index (χ1) is 9.88. The van der Waals surface area contributed by atoms with Crippen LogP contribution < -0.4 is 5.43 Å². The predicted molar refractivity (Wildman–Crippen MR) is 79.0 cm³/mol. The number of benzene rings is 2. The first-order valence-electron chi connectivity index (χ1n) is 6.28. The Bertz CT molecular complexity index is 693. The van der Waals surface area contributed by atoms with E-state index in [1.807, 2.05) is 23.6 Å². The molecule has 0 unspecified atom stereocenters. The third-order valence-corrected chi connectivity index (χ3v) is 2.65. The Balaban J connectivity index is 2.52. The van der Waals surface area contributed by atoms with E-state index in [9.17, 15) is 13.2 Å². The van der Waals surface area contributed by atoms with Crippen molar-refractivity contribution in [2.24, 2.45) is 10.1 Å². The summed E-state index contributed by atoms with van der Waals surface area (Å²) >= 11 is 0. The zero-order valence-corrected chi connectivity index (χ0v) is 11.6. The van der Waals surface area contributed by atoms with Crippen molar-refractivity contribution in [2.75, 3.05) is 0 Å². The number of amidine groups is 1. The van der Waals surface area contributed by atoms with Crippen molar-refractivity contribution in [3.05, 3.63) is 42.5 Å². The van der Waals surface area contributed by atoms with E-state index in [1.54, 1.807) is 32.0 Å².